The average molecular weight is 515 g/mol. The summed E-state index contributed by atoms with van der Waals surface area (Å²) in [6.07, 6.45) is 0. The Hall–Kier alpha value is -3.59. The highest BCUT2D eigenvalue weighted by molar-refractivity contribution is 7.21. The van der Waals surface area contributed by atoms with Crippen molar-refractivity contribution >= 4 is 73.8 Å². The highest BCUT2D eigenvalue weighted by atomic mass is 35.5. The van der Waals surface area contributed by atoms with Gasteiger partial charge >= 0.3 is 5.97 Å². The lowest BCUT2D eigenvalue weighted by molar-refractivity contribution is 0.0697. The number of anilines is 2. The van der Waals surface area contributed by atoms with Crippen LogP contribution < -0.4 is 15.4 Å². The number of hydrogen-bond donors (Lipinski definition) is 3. The second-order valence-electron chi connectivity index (χ2n) is 7.09. The van der Waals surface area contributed by atoms with Crippen molar-refractivity contribution in [1.82, 2.24) is 0 Å². The van der Waals surface area contributed by atoms with Crippen LogP contribution in [0.4, 0.5) is 11.4 Å². The smallest absolute Gasteiger partial charge is 0.337 e. The SMILES string of the molecule is COc1ccc2c(Cl)c(C(=O)Nc3cc(C(=O)Nc4ccc(Cl)cc4)ccc3C(=O)O)sc2c1. The molecule has 0 saturated carbocycles. The molecule has 3 aromatic carbocycles. The molecule has 0 saturated heterocycles. The molecule has 0 radical (unpaired) electrons. The zero-order valence-corrected chi connectivity index (χ0v) is 19.8. The first-order valence-corrected chi connectivity index (χ1v) is 11.4. The van der Waals surface area contributed by atoms with E-state index in [0.29, 0.717) is 21.8 Å². The molecular weight excluding hydrogens is 499 g/mol. The van der Waals surface area contributed by atoms with Crippen LogP contribution in [0.2, 0.25) is 10.0 Å². The molecule has 3 N–H and O–H groups in total. The third-order valence-electron chi connectivity index (χ3n) is 4.91. The molecule has 1 heterocycles. The normalized spacial score (nSPS) is 10.7. The van der Waals surface area contributed by atoms with Crippen LogP contribution in [0.5, 0.6) is 5.75 Å². The van der Waals surface area contributed by atoms with Crippen molar-refractivity contribution in [2.24, 2.45) is 0 Å². The predicted molar refractivity (Wildman–Crippen MR) is 134 cm³/mol. The lowest BCUT2D eigenvalue weighted by Crippen LogP contribution is -2.17. The Morgan fingerprint density at radius 1 is 0.912 bits per heavy atom. The van der Waals surface area contributed by atoms with Crippen molar-refractivity contribution in [3.63, 3.8) is 0 Å². The van der Waals surface area contributed by atoms with Gasteiger partial charge < -0.3 is 20.5 Å². The minimum Gasteiger partial charge on any atom is -0.497 e. The average Bonchev–Trinajstić information content (AvgIpc) is 3.16. The summed E-state index contributed by atoms with van der Waals surface area (Å²) < 4.78 is 5.95. The molecule has 0 spiro atoms. The first-order chi connectivity index (χ1) is 16.3. The largest absolute Gasteiger partial charge is 0.497 e. The fraction of sp³-hybridized carbons (Fsp3) is 0.0417. The molecule has 0 fully saturated rings. The number of carbonyl (C=O) groups excluding carboxylic acids is 2. The number of methoxy groups -OCH3 is 1. The van der Waals surface area contributed by atoms with Crippen LogP contribution >= 0.6 is 34.5 Å². The number of ether oxygens (including phenoxy) is 1. The Morgan fingerprint density at radius 3 is 2.32 bits per heavy atom. The number of aromatic carboxylic acids is 1. The van der Waals surface area contributed by atoms with E-state index in [1.54, 1.807) is 42.5 Å². The lowest BCUT2D eigenvalue weighted by Gasteiger charge is -2.11. The minimum atomic E-state index is -1.26. The monoisotopic (exact) mass is 514 g/mol. The van der Waals surface area contributed by atoms with Gasteiger partial charge in [-0.1, -0.05) is 23.2 Å². The van der Waals surface area contributed by atoms with Crippen LogP contribution in [-0.4, -0.2) is 30.0 Å². The summed E-state index contributed by atoms with van der Waals surface area (Å²) in [6.45, 7) is 0. The summed E-state index contributed by atoms with van der Waals surface area (Å²) in [5.74, 6) is -1.72. The Balaban J connectivity index is 1.63. The Kier molecular flexibility index (Phi) is 6.74. The fourth-order valence-electron chi connectivity index (χ4n) is 3.21. The van der Waals surface area contributed by atoms with E-state index in [1.165, 1.54) is 25.3 Å². The molecule has 172 valence electrons. The zero-order valence-electron chi connectivity index (χ0n) is 17.5. The van der Waals surface area contributed by atoms with Gasteiger partial charge in [-0.15, -0.1) is 11.3 Å². The first kappa shape index (κ1) is 23.6. The predicted octanol–water partition coefficient (Wildman–Crippen LogP) is 6.42. The number of halogens is 2. The number of amides is 2. The molecule has 0 bridgehead atoms. The summed E-state index contributed by atoms with van der Waals surface area (Å²) >= 11 is 13.4. The third kappa shape index (κ3) is 4.84. The summed E-state index contributed by atoms with van der Waals surface area (Å²) in [5.41, 5.74) is 0.458. The van der Waals surface area contributed by atoms with Crippen LogP contribution in [0.25, 0.3) is 10.1 Å². The second-order valence-corrected chi connectivity index (χ2v) is 8.95. The molecule has 4 aromatic rings. The van der Waals surface area contributed by atoms with Crippen LogP contribution in [0.3, 0.4) is 0 Å². The molecular formula is C24H16Cl2N2O5S. The topological polar surface area (TPSA) is 105 Å². The van der Waals surface area contributed by atoms with Gasteiger partial charge in [-0.3, -0.25) is 9.59 Å². The number of thiophene rings is 1. The van der Waals surface area contributed by atoms with Crippen LogP contribution in [0.15, 0.2) is 60.7 Å². The maximum Gasteiger partial charge on any atom is 0.337 e. The molecule has 1 aromatic heterocycles. The van der Waals surface area contributed by atoms with E-state index in [1.807, 2.05) is 0 Å². The van der Waals surface area contributed by atoms with Crippen molar-refractivity contribution in [1.29, 1.82) is 0 Å². The molecule has 4 rings (SSSR count). The van der Waals surface area contributed by atoms with E-state index in [2.05, 4.69) is 10.6 Å². The van der Waals surface area contributed by atoms with Crippen LogP contribution in [0, 0.1) is 0 Å². The van der Waals surface area contributed by atoms with E-state index in [4.69, 9.17) is 27.9 Å². The Bertz CT molecular complexity index is 1430. The number of rotatable bonds is 6. The number of nitrogens with one attached hydrogen (secondary N) is 2. The summed E-state index contributed by atoms with van der Waals surface area (Å²) in [5, 5.41) is 16.3. The first-order valence-electron chi connectivity index (χ1n) is 9.78. The van der Waals surface area contributed by atoms with Gasteiger partial charge in [0.15, 0.2) is 0 Å². The van der Waals surface area contributed by atoms with Gasteiger partial charge in [0.1, 0.15) is 10.6 Å². The number of benzene rings is 3. The van der Waals surface area contributed by atoms with Crippen molar-refractivity contribution in [2.45, 2.75) is 0 Å². The van der Waals surface area contributed by atoms with Crippen molar-refractivity contribution < 1.29 is 24.2 Å². The second kappa shape index (κ2) is 9.72. The van der Waals surface area contributed by atoms with Crippen LogP contribution in [-0.2, 0) is 0 Å². The quantitative estimate of drug-likeness (QED) is 0.275. The summed E-state index contributed by atoms with van der Waals surface area (Å²) in [6, 6.07) is 15.7. The Labute approximate surface area is 207 Å². The summed E-state index contributed by atoms with van der Waals surface area (Å²) in [7, 11) is 1.54. The van der Waals surface area contributed by atoms with Gasteiger partial charge in [-0.25, -0.2) is 4.79 Å². The number of carboxylic acid groups (broad SMARTS) is 1. The molecule has 0 unspecified atom stereocenters. The molecule has 7 nitrogen and oxygen atoms in total. The molecule has 34 heavy (non-hydrogen) atoms. The van der Waals surface area contributed by atoms with E-state index in [0.717, 1.165) is 16.0 Å². The van der Waals surface area contributed by atoms with Gasteiger partial charge in [0.2, 0.25) is 0 Å². The zero-order chi connectivity index (χ0) is 24.4. The number of hydrogen-bond acceptors (Lipinski definition) is 5. The highest BCUT2D eigenvalue weighted by Gasteiger charge is 2.21. The third-order valence-corrected chi connectivity index (χ3v) is 6.81. The molecule has 2 amide bonds. The van der Waals surface area contributed by atoms with Gasteiger partial charge in [-0.05, 0) is 60.7 Å². The van der Waals surface area contributed by atoms with Gasteiger partial charge in [0.05, 0.1) is 23.4 Å². The van der Waals surface area contributed by atoms with E-state index < -0.39 is 17.8 Å². The van der Waals surface area contributed by atoms with Crippen molar-refractivity contribution in [3.8, 4) is 5.75 Å². The van der Waals surface area contributed by atoms with E-state index in [9.17, 15) is 19.5 Å². The molecule has 0 aliphatic heterocycles. The number of carboxylic acids is 1. The maximum atomic E-state index is 13.0. The van der Waals surface area contributed by atoms with Crippen LogP contribution in [0.1, 0.15) is 30.4 Å². The maximum absolute atomic E-state index is 13.0. The molecule has 10 heteroatoms. The highest BCUT2D eigenvalue weighted by Crippen LogP contribution is 2.37. The van der Waals surface area contributed by atoms with E-state index in [-0.39, 0.29) is 26.7 Å². The van der Waals surface area contributed by atoms with Gasteiger partial charge in [0, 0.05) is 26.4 Å². The fourth-order valence-corrected chi connectivity index (χ4v) is 4.78. The molecule has 0 aliphatic rings. The minimum absolute atomic E-state index is 0.0349. The number of fused-ring (bicyclic) bond motifs is 1. The summed E-state index contributed by atoms with van der Waals surface area (Å²) in [4.78, 5) is 37.6. The van der Waals surface area contributed by atoms with E-state index >= 15 is 0 Å². The van der Waals surface area contributed by atoms with Crippen molar-refractivity contribution in [2.75, 3.05) is 17.7 Å². The van der Waals surface area contributed by atoms with Crippen molar-refractivity contribution in [3.05, 3.63) is 86.7 Å². The Morgan fingerprint density at radius 2 is 1.65 bits per heavy atom. The van der Waals surface area contributed by atoms with Gasteiger partial charge in [0.25, 0.3) is 11.8 Å². The molecule has 0 aliphatic carbocycles. The number of carbonyl (C=O) groups is 3. The molecule has 0 atom stereocenters. The van der Waals surface area contributed by atoms with Gasteiger partial charge in [-0.2, -0.15) is 0 Å². The standard InChI is InChI=1S/C24H16Cl2N2O5S/c1-33-15-7-9-17-19(11-15)34-21(20(17)26)23(30)28-18-10-12(2-8-16(18)24(31)32)22(29)27-14-5-3-13(25)4-6-14/h2-11H,1H3,(H,27,29)(H,28,30)(H,31,32). The lowest BCUT2D eigenvalue weighted by atomic mass is 10.1.